The van der Waals surface area contributed by atoms with Crippen molar-refractivity contribution >= 4 is 29.1 Å². The predicted octanol–water partition coefficient (Wildman–Crippen LogP) is 2.50. The maximum atomic E-state index is 12.8. The maximum Gasteiger partial charge on any atom is 0.329 e. The van der Waals surface area contributed by atoms with Gasteiger partial charge in [0.1, 0.15) is 11.9 Å². The van der Waals surface area contributed by atoms with E-state index in [1.54, 1.807) is 43.5 Å². The molecular formula is C19H21FN2O4S. The maximum absolute atomic E-state index is 12.8. The molecule has 0 saturated carbocycles. The monoisotopic (exact) mass is 392 g/mol. The summed E-state index contributed by atoms with van der Waals surface area (Å²) in [5, 5.41) is 6.98. The lowest BCUT2D eigenvalue weighted by molar-refractivity contribution is -0.151. The number of benzene rings is 1. The number of carbonyl (C=O) groups excluding carboxylic acids is 3. The number of hydrogen-bond donors (Lipinski definition) is 2. The highest BCUT2D eigenvalue weighted by atomic mass is 32.1. The number of amides is 2. The van der Waals surface area contributed by atoms with Crippen LogP contribution in [0.15, 0.2) is 41.8 Å². The molecule has 27 heavy (non-hydrogen) atoms. The van der Waals surface area contributed by atoms with Crippen molar-refractivity contribution in [2.75, 3.05) is 6.61 Å². The summed E-state index contributed by atoms with van der Waals surface area (Å²) < 4.78 is 17.9. The number of esters is 1. The summed E-state index contributed by atoms with van der Waals surface area (Å²) in [5.41, 5.74) is 0.722. The zero-order chi connectivity index (χ0) is 19.8. The molecule has 8 heteroatoms. The Kier molecular flexibility index (Phi) is 7.48. The predicted molar refractivity (Wildman–Crippen MR) is 99.6 cm³/mol. The summed E-state index contributed by atoms with van der Waals surface area (Å²) in [4.78, 5) is 36.7. The molecule has 1 heterocycles. The third-order valence-corrected chi connectivity index (χ3v) is 4.57. The molecule has 1 aromatic carbocycles. The Morgan fingerprint density at radius 2 is 1.85 bits per heavy atom. The summed E-state index contributed by atoms with van der Waals surface area (Å²) in [5.74, 6) is -2.08. The number of nitrogens with one attached hydrogen (secondary N) is 2. The SMILES string of the molecule is CC(C)[C@H](NC(=O)c1cccs1)C(=O)OCC(=O)NCc1ccc(F)cc1. The molecule has 0 aliphatic heterocycles. The van der Waals surface area contributed by atoms with E-state index >= 15 is 0 Å². The minimum atomic E-state index is -0.857. The lowest BCUT2D eigenvalue weighted by Crippen LogP contribution is -2.46. The van der Waals surface area contributed by atoms with Crippen LogP contribution in [0.5, 0.6) is 0 Å². The van der Waals surface area contributed by atoms with Gasteiger partial charge in [-0.1, -0.05) is 32.0 Å². The van der Waals surface area contributed by atoms with Gasteiger partial charge in [0.25, 0.3) is 11.8 Å². The Balaban J connectivity index is 1.81. The third-order valence-electron chi connectivity index (χ3n) is 3.70. The van der Waals surface area contributed by atoms with E-state index in [9.17, 15) is 18.8 Å². The first-order valence-corrected chi connectivity index (χ1v) is 9.27. The molecule has 0 spiro atoms. The molecule has 2 rings (SSSR count). The molecule has 2 amide bonds. The molecule has 0 unspecified atom stereocenters. The minimum Gasteiger partial charge on any atom is -0.454 e. The van der Waals surface area contributed by atoms with E-state index in [4.69, 9.17) is 4.74 Å². The summed E-state index contributed by atoms with van der Waals surface area (Å²) in [6.07, 6.45) is 0. The van der Waals surface area contributed by atoms with Crippen LogP contribution in [-0.2, 0) is 20.9 Å². The van der Waals surface area contributed by atoms with Gasteiger partial charge in [0.05, 0.1) is 4.88 Å². The molecule has 0 aliphatic rings. The summed E-state index contributed by atoms with van der Waals surface area (Å²) >= 11 is 1.27. The van der Waals surface area contributed by atoms with Crippen molar-refractivity contribution in [2.45, 2.75) is 26.4 Å². The van der Waals surface area contributed by atoms with Gasteiger partial charge in [0.15, 0.2) is 6.61 Å². The van der Waals surface area contributed by atoms with Gasteiger partial charge in [-0.05, 0) is 35.1 Å². The van der Waals surface area contributed by atoms with Crippen molar-refractivity contribution in [3.05, 3.63) is 58.0 Å². The van der Waals surface area contributed by atoms with Gasteiger partial charge in [-0.3, -0.25) is 9.59 Å². The Bertz CT molecular complexity index is 776. The molecular weight excluding hydrogens is 371 g/mol. The number of hydrogen-bond acceptors (Lipinski definition) is 5. The van der Waals surface area contributed by atoms with Crippen LogP contribution in [0.4, 0.5) is 4.39 Å². The van der Waals surface area contributed by atoms with Gasteiger partial charge in [0, 0.05) is 6.54 Å². The van der Waals surface area contributed by atoms with Crippen LogP contribution < -0.4 is 10.6 Å². The Morgan fingerprint density at radius 1 is 1.15 bits per heavy atom. The molecule has 1 atom stereocenters. The molecule has 1 aromatic heterocycles. The summed E-state index contributed by atoms with van der Waals surface area (Å²) in [6.45, 7) is 3.28. The molecule has 144 valence electrons. The fraction of sp³-hybridized carbons (Fsp3) is 0.316. The second-order valence-corrected chi connectivity index (χ2v) is 7.13. The lowest BCUT2D eigenvalue weighted by atomic mass is 10.0. The van der Waals surface area contributed by atoms with E-state index in [-0.39, 0.29) is 24.2 Å². The summed E-state index contributed by atoms with van der Waals surface area (Å²) in [7, 11) is 0. The highest BCUT2D eigenvalue weighted by Gasteiger charge is 2.27. The van der Waals surface area contributed by atoms with Gasteiger partial charge in [-0.25, -0.2) is 9.18 Å². The third kappa shape index (κ3) is 6.49. The first-order valence-electron chi connectivity index (χ1n) is 8.39. The van der Waals surface area contributed by atoms with Gasteiger partial charge < -0.3 is 15.4 Å². The van der Waals surface area contributed by atoms with Crippen molar-refractivity contribution < 1.29 is 23.5 Å². The fourth-order valence-corrected chi connectivity index (χ4v) is 2.83. The van der Waals surface area contributed by atoms with Crippen molar-refractivity contribution in [3.63, 3.8) is 0 Å². The molecule has 0 fully saturated rings. The van der Waals surface area contributed by atoms with Crippen molar-refractivity contribution in [2.24, 2.45) is 5.92 Å². The molecule has 2 aromatic rings. The topological polar surface area (TPSA) is 84.5 Å². The Hall–Kier alpha value is -2.74. The zero-order valence-electron chi connectivity index (χ0n) is 15.0. The second-order valence-electron chi connectivity index (χ2n) is 6.18. The first-order chi connectivity index (χ1) is 12.9. The van der Waals surface area contributed by atoms with Crippen molar-refractivity contribution in [1.82, 2.24) is 10.6 Å². The number of thiophene rings is 1. The summed E-state index contributed by atoms with van der Waals surface area (Å²) in [6, 6.07) is 8.24. The lowest BCUT2D eigenvalue weighted by Gasteiger charge is -2.20. The van der Waals surface area contributed by atoms with Gasteiger partial charge >= 0.3 is 5.97 Å². The smallest absolute Gasteiger partial charge is 0.329 e. The van der Waals surface area contributed by atoms with Gasteiger partial charge in [0.2, 0.25) is 0 Å². The quantitative estimate of drug-likeness (QED) is 0.676. The average molecular weight is 392 g/mol. The van der Waals surface area contributed by atoms with Crippen molar-refractivity contribution in [3.8, 4) is 0 Å². The minimum absolute atomic E-state index is 0.194. The van der Waals surface area contributed by atoms with Crippen LogP contribution in [0.3, 0.4) is 0 Å². The number of carbonyl (C=O) groups is 3. The fourth-order valence-electron chi connectivity index (χ4n) is 2.20. The molecule has 0 saturated heterocycles. The first kappa shape index (κ1) is 20.6. The van der Waals surface area contributed by atoms with E-state index in [0.717, 1.165) is 5.56 Å². The van der Waals surface area contributed by atoms with E-state index in [2.05, 4.69) is 10.6 Å². The number of halogens is 1. The standard InChI is InChI=1S/C19H21FN2O4S/c1-12(2)17(22-18(24)15-4-3-9-27-15)19(25)26-11-16(23)21-10-13-5-7-14(20)8-6-13/h3-9,12,17H,10-11H2,1-2H3,(H,21,23)(H,22,24)/t17-/m0/s1. The Labute approximate surface area is 160 Å². The van der Waals surface area contributed by atoms with Crippen LogP contribution in [-0.4, -0.2) is 30.4 Å². The van der Waals surface area contributed by atoms with Crippen LogP contribution in [0.2, 0.25) is 0 Å². The molecule has 2 N–H and O–H groups in total. The van der Waals surface area contributed by atoms with Gasteiger partial charge in [-0.2, -0.15) is 0 Å². The van der Waals surface area contributed by atoms with Crippen molar-refractivity contribution in [1.29, 1.82) is 0 Å². The van der Waals surface area contributed by atoms with Crippen LogP contribution >= 0.6 is 11.3 Å². The van der Waals surface area contributed by atoms with E-state index < -0.39 is 24.5 Å². The molecule has 0 bridgehead atoms. The highest BCUT2D eigenvalue weighted by Crippen LogP contribution is 2.11. The second kappa shape index (κ2) is 9.82. The molecule has 6 nitrogen and oxygen atoms in total. The van der Waals surface area contributed by atoms with E-state index in [0.29, 0.717) is 4.88 Å². The Morgan fingerprint density at radius 3 is 2.44 bits per heavy atom. The van der Waals surface area contributed by atoms with E-state index in [1.807, 2.05) is 0 Å². The zero-order valence-corrected chi connectivity index (χ0v) is 15.8. The normalized spacial score (nSPS) is 11.7. The van der Waals surface area contributed by atoms with Crippen LogP contribution in [0.1, 0.15) is 29.1 Å². The van der Waals surface area contributed by atoms with Gasteiger partial charge in [-0.15, -0.1) is 11.3 Å². The average Bonchev–Trinajstić information content (AvgIpc) is 3.18. The number of rotatable bonds is 8. The highest BCUT2D eigenvalue weighted by molar-refractivity contribution is 7.12. The van der Waals surface area contributed by atoms with Crippen LogP contribution in [0.25, 0.3) is 0 Å². The largest absolute Gasteiger partial charge is 0.454 e. The molecule has 0 aliphatic carbocycles. The molecule has 0 radical (unpaired) electrons. The van der Waals surface area contributed by atoms with Crippen LogP contribution in [0, 0.1) is 11.7 Å². The number of ether oxygens (including phenoxy) is 1. The van der Waals surface area contributed by atoms with E-state index in [1.165, 1.54) is 23.5 Å².